The fraction of sp³-hybridized carbons (Fsp3) is 0.143. The predicted octanol–water partition coefficient (Wildman–Crippen LogP) is -0.219. The quantitative estimate of drug-likeness (QED) is 0.573. The summed E-state index contributed by atoms with van der Waals surface area (Å²) in [6.45, 7) is 3.67. The van der Waals surface area contributed by atoms with Gasteiger partial charge in [0, 0.05) is 0 Å². The highest BCUT2D eigenvalue weighted by molar-refractivity contribution is 5.70. The Kier molecular flexibility index (Phi) is 2.40. The second-order valence-electron chi connectivity index (χ2n) is 2.23. The summed E-state index contributed by atoms with van der Waals surface area (Å²) in [7, 11) is 0. The normalized spacial score (nSPS) is 15.9. The van der Waals surface area contributed by atoms with Gasteiger partial charge < -0.3 is 10.5 Å². The Hall–Kier alpha value is -2.16. The topological polar surface area (TPSA) is 91.4 Å². The van der Waals surface area contributed by atoms with Crippen molar-refractivity contribution in [2.24, 2.45) is 5.73 Å². The van der Waals surface area contributed by atoms with Gasteiger partial charge >= 0.3 is 6.09 Å². The molecule has 0 bridgehead atoms. The Labute approximate surface area is 74.8 Å². The zero-order valence-corrected chi connectivity index (χ0v) is 6.78. The maximum atomic E-state index is 11.0. The van der Waals surface area contributed by atoms with Gasteiger partial charge in [-0.25, -0.2) is 9.80 Å². The van der Waals surface area contributed by atoms with Crippen LogP contribution in [0.25, 0.3) is 0 Å². The number of nitriles is 1. The van der Waals surface area contributed by atoms with Crippen LogP contribution in [0.15, 0.2) is 24.2 Å². The molecule has 1 aliphatic rings. The van der Waals surface area contributed by atoms with Crippen LogP contribution in [0.3, 0.4) is 0 Å². The van der Waals surface area contributed by atoms with Crippen molar-refractivity contribution < 1.29 is 9.53 Å². The molecule has 6 heteroatoms. The number of allylic oxidation sites excluding steroid dienone is 1. The summed E-state index contributed by atoms with van der Waals surface area (Å²) in [5, 5.41) is 9.62. The monoisotopic (exact) mass is 180 g/mol. The lowest BCUT2D eigenvalue weighted by molar-refractivity contribution is 0.101. The van der Waals surface area contributed by atoms with Crippen LogP contribution in [0, 0.1) is 11.3 Å². The van der Waals surface area contributed by atoms with E-state index in [2.05, 4.69) is 16.7 Å². The molecule has 0 fully saturated rings. The van der Waals surface area contributed by atoms with E-state index in [9.17, 15) is 4.79 Å². The standard InChI is InChI=1S/C7H8N4O2/c1-2-3-11-7(12)13-6(9)5(4-8)10-11/h2,10H,1,3,9H2. The minimum Gasteiger partial charge on any atom is -0.389 e. The molecule has 13 heavy (non-hydrogen) atoms. The number of carbonyl (C=O) groups is 1. The van der Waals surface area contributed by atoms with Crippen molar-refractivity contribution in [3.8, 4) is 6.07 Å². The number of hydrazine groups is 1. The van der Waals surface area contributed by atoms with Gasteiger partial charge in [0.1, 0.15) is 6.07 Å². The zero-order chi connectivity index (χ0) is 9.84. The first kappa shape index (κ1) is 8.93. The average Bonchev–Trinajstić information content (AvgIpc) is 2.10. The minimum atomic E-state index is -0.656. The van der Waals surface area contributed by atoms with Crippen LogP contribution in [-0.2, 0) is 4.74 Å². The largest absolute Gasteiger partial charge is 0.435 e. The molecular formula is C7H8N4O2. The van der Waals surface area contributed by atoms with Gasteiger partial charge in [0.05, 0.1) is 6.54 Å². The Bertz CT molecular complexity index is 315. The number of rotatable bonds is 2. The van der Waals surface area contributed by atoms with Gasteiger partial charge in [-0.3, -0.25) is 5.43 Å². The summed E-state index contributed by atoms with van der Waals surface area (Å²) in [6, 6.07) is 1.75. The molecule has 1 amide bonds. The molecule has 0 aromatic carbocycles. The number of nitrogens with one attached hydrogen (secondary N) is 1. The third-order valence-electron chi connectivity index (χ3n) is 1.33. The van der Waals surface area contributed by atoms with Gasteiger partial charge in [-0.1, -0.05) is 6.08 Å². The third-order valence-corrected chi connectivity index (χ3v) is 1.33. The van der Waals surface area contributed by atoms with Gasteiger partial charge in [0.2, 0.25) is 5.88 Å². The zero-order valence-electron chi connectivity index (χ0n) is 6.78. The van der Waals surface area contributed by atoms with Gasteiger partial charge in [0.25, 0.3) is 0 Å². The average molecular weight is 180 g/mol. The first-order valence-corrected chi connectivity index (χ1v) is 3.45. The second-order valence-corrected chi connectivity index (χ2v) is 2.23. The van der Waals surface area contributed by atoms with Crippen LogP contribution < -0.4 is 11.2 Å². The molecule has 1 rings (SSSR count). The van der Waals surface area contributed by atoms with Crippen molar-refractivity contribution >= 4 is 6.09 Å². The van der Waals surface area contributed by atoms with E-state index in [4.69, 9.17) is 11.0 Å². The highest BCUT2D eigenvalue weighted by Crippen LogP contribution is 2.07. The van der Waals surface area contributed by atoms with E-state index in [0.717, 1.165) is 5.01 Å². The molecule has 0 aromatic rings. The van der Waals surface area contributed by atoms with E-state index in [1.54, 1.807) is 6.07 Å². The first-order valence-electron chi connectivity index (χ1n) is 3.45. The Morgan fingerprint density at radius 1 is 1.85 bits per heavy atom. The van der Waals surface area contributed by atoms with Crippen molar-refractivity contribution in [1.29, 1.82) is 5.26 Å². The number of hydrogen-bond acceptors (Lipinski definition) is 5. The van der Waals surface area contributed by atoms with Crippen molar-refractivity contribution in [3.05, 3.63) is 24.2 Å². The molecule has 0 spiro atoms. The highest BCUT2D eigenvalue weighted by atomic mass is 16.6. The molecule has 0 aliphatic carbocycles. The summed E-state index contributed by atoms with van der Waals surface area (Å²) in [6.07, 6.45) is 0.835. The first-order chi connectivity index (χ1) is 6.19. The molecule has 0 radical (unpaired) electrons. The molecule has 6 nitrogen and oxygen atoms in total. The smallest absolute Gasteiger partial charge is 0.389 e. The summed E-state index contributed by atoms with van der Waals surface area (Å²) in [4.78, 5) is 11.0. The van der Waals surface area contributed by atoms with Crippen LogP contribution in [0.4, 0.5) is 4.79 Å². The maximum absolute atomic E-state index is 11.0. The Morgan fingerprint density at radius 2 is 2.54 bits per heavy atom. The van der Waals surface area contributed by atoms with Gasteiger partial charge in [-0.2, -0.15) is 5.26 Å². The van der Waals surface area contributed by atoms with Crippen LogP contribution in [0.1, 0.15) is 0 Å². The molecular weight excluding hydrogens is 172 g/mol. The van der Waals surface area contributed by atoms with Gasteiger partial charge in [-0.05, 0) is 0 Å². The molecule has 0 unspecified atom stereocenters. The number of cyclic esters (lactones) is 1. The molecule has 3 N–H and O–H groups in total. The van der Waals surface area contributed by atoms with E-state index >= 15 is 0 Å². The summed E-state index contributed by atoms with van der Waals surface area (Å²) < 4.78 is 4.57. The van der Waals surface area contributed by atoms with Crippen LogP contribution in [0.2, 0.25) is 0 Å². The van der Waals surface area contributed by atoms with E-state index < -0.39 is 6.09 Å². The maximum Gasteiger partial charge on any atom is 0.435 e. The fourth-order valence-electron chi connectivity index (χ4n) is 0.765. The summed E-state index contributed by atoms with van der Waals surface area (Å²) in [5.74, 6) is -0.215. The molecule has 1 aliphatic heterocycles. The van der Waals surface area contributed by atoms with Crippen LogP contribution >= 0.6 is 0 Å². The second kappa shape index (κ2) is 3.49. The molecule has 0 saturated heterocycles. The number of carbonyl (C=O) groups excluding carboxylic acids is 1. The van der Waals surface area contributed by atoms with Crippen molar-refractivity contribution in [3.63, 3.8) is 0 Å². The lowest BCUT2D eigenvalue weighted by Gasteiger charge is -2.26. The number of nitrogens with zero attached hydrogens (tertiary/aromatic N) is 2. The lowest BCUT2D eigenvalue weighted by atomic mass is 10.5. The van der Waals surface area contributed by atoms with Crippen molar-refractivity contribution in [2.75, 3.05) is 6.54 Å². The third kappa shape index (κ3) is 1.70. The number of ether oxygens (including phenoxy) is 1. The van der Waals surface area contributed by atoms with Crippen molar-refractivity contribution in [2.45, 2.75) is 0 Å². The SMILES string of the molecule is C=CCN1NC(C#N)=C(N)OC1=O. The van der Waals surface area contributed by atoms with E-state index in [1.807, 2.05) is 0 Å². The Morgan fingerprint density at radius 3 is 3.08 bits per heavy atom. The van der Waals surface area contributed by atoms with E-state index in [-0.39, 0.29) is 18.1 Å². The van der Waals surface area contributed by atoms with E-state index in [1.165, 1.54) is 6.08 Å². The molecule has 0 aromatic heterocycles. The van der Waals surface area contributed by atoms with Gasteiger partial charge in [-0.15, -0.1) is 6.58 Å². The van der Waals surface area contributed by atoms with E-state index in [0.29, 0.717) is 0 Å². The van der Waals surface area contributed by atoms with Crippen molar-refractivity contribution in [1.82, 2.24) is 10.4 Å². The molecule has 1 heterocycles. The Balaban J connectivity index is 2.82. The number of amides is 1. The van der Waals surface area contributed by atoms with Crippen LogP contribution in [-0.4, -0.2) is 17.6 Å². The fourth-order valence-corrected chi connectivity index (χ4v) is 0.765. The summed E-state index contributed by atoms with van der Waals surface area (Å²) >= 11 is 0. The lowest BCUT2D eigenvalue weighted by Crippen LogP contribution is -2.47. The minimum absolute atomic E-state index is 0.0152. The van der Waals surface area contributed by atoms with Gasteiger partial charge in [0.15, 0.2) is 5.70 Å². The summed E-state index contributed by atoms with van der Waals surface area (Å²) in [5.41, 5.74) is 7.74. The highest BCUT2D eigenvalue weighted by Gasteiger charge is 2.24. The van der Waals surface area contributed by atoms with Crippen LogP contribution in [0.5, 0.6) is 0 Å². The molecule has 68 valence electrons. The molecule has 0 saturated carbocycles. The predicted molar refractivity (Wildman–Crippen MR) is 43.3 cm³/mol. The number of hydrogen-bond donors (Lipinski definition) is 2. The molecule has 0 atom stereocenters. The number of nitrogens with two attached hydrogens (primary N) is 1.